The van der Waals surface area contributed by atoms with Crippen LogP contribution in [0.2, 0.25) is 0 Å². The van der Waals surface area contributed by atoms with Gasteiger partial charge in [-0.25, -0.2) is 0 Å². The molecule has 1 heterocycles. The topological polar surface area (TPSA) is 67.6 Å². The van der Waals surface area contributed by atoms with E-state index in [4.69, 9.17) is 10.5 Å². The van der Waals surface area contributed by atoms with E-state index in [1.165, 1.54) is 0 Å². The third kappa shape index (κ3) is 9.20. The molecule has 5 nitrogen and oxygen atoms in total. The highest BCUT2D eigenvalue weighted by atomic mass is 35.5. The van der Waals surface area contributed by atoms with Crippen molar-refractivity contribution < 1.29 is 9.53 Å². The smallest absolute Gasteiger partial charge is 0.237 e. The first-order valence-electron chi connectivity index (χ1n) is 7.91. The average Bonchev–Trinajstić information content (AvgIpc) is 2.46. The Kier molecular flexibility index (Phi) is 12.4. The number of likely N-dealkylation sites (tertiary alicyclic amines) is 1. The van der Waals surface area contributed by atoms with Crippen LogP contribution in [0.15, 0.2) is 0 Å². The first kappa shape index (κ1) is 22.0. The van der Waals surface area contributed by atoms with E-state index in [0.717, 1.165) is 51.3 Å². The fourth-order valence-electron chi connectivity index (χ4n) is 2.40. The molecular formula is C15H32ClN3O2S. The van der Waals surface area contributed by atoms with Crippen LogP contribution in [0.3, 0.4) is 0 Å². The molecule has 1 aliphatic rings. The molecule has 22 heavy (non-hydrogen) atoms. The number of amides is 1. The number of piperidine rings is 1. The Morgan fingerprint density at radius 1 is 1.41 bits per heavy atom. The van der Waals surface area contributed by atoms with Gasteiger partial charge in [0.1, 0.15) is 0 Å². The van der Waals surface area contributed by atoms with Gasteiger partial charge in [0.15, 0.2) is 0 Å². The van der Waals surface area contributed by atoms with Gasteiger partial charge in [-0.3, -0.25) is 4.79 Å². The van der Waals surface area contributed by atoms with E-state index >= 15 is 0 Å². The summed E-state index contributed by atoms with van der Waals surface area (Å²) in [7, 11) is 0. The van der Waals surface area contributed by atoms with Crippen LogP contribution in [0.25, 0.3) is 0 Å². The lowest BCUT2D eigenvalue weighted by Gasteiger charge is -2.32. The van der Waals surface area contributed by atoms with Gasteiger partial charge in [0.05, 0.1) is 18.8 Å². The summed E-state index contributed by atoms with van der Waals surface area (Å²) in [6.45, 7) is 7.92. The first-order chi connectivity index (χ1) is 10.0. The van der Waals surface area contributed by atoms with E-state index in [1.807, 2.05) is 6.26 Å². The van der Waals surface area contributed by atoms with Crippen molar-refractivity contribution in [3.05, 3.63) is 0 Å². The molecule has 0 unspecified atom stereocenters. The molecule has 1 amide bonds. The van der Waals surface area contributed by atoms with Crippen LogP contribution in [-0.4, -0.2) is 67.2 Å². The first-order valence-corrected chi connectivity index (χ1v) is 9.31. The van der Waals surface area contributed by atoms with Crippen molar-refractivity contribution in [1.82, 2.24) is 10.2 Å². The summed E-state index contributed by atoms with van der Waals surface area (Å²) in [6, 6.07) is -0.0879. The Hall–Kier alpha value is -0.0100. The molecular weight excluding hydrogens is 322 g/mol. The van der Waals surface area contributed by atoms with E-state index in [9.17, 15) is 4.79 Å². The maximum Gasteiger partial charge on any atom is 0.237 e. The van der Waals surface area contributed by atoms with E-state index < -0.39 is 0 Å². The number of halogens is 1. The van der Waals surface area contributed by atoms with Crippen molar-refractivity contribution in [2.75, 3.05) is 38.2 Å². The minimum Gasteiger partial charge on any atom is -0.377 e. The largest absolute Gasteiger partial charge is 0.377 e. The SMILES string of the molecule is CSCC[C@H](N)C(=O)NC1CCN(CCOC(C)C)CC1.Cl. The van der Waals surface area contributed by atoms with Crippen molar-refractivity contribution in [2.24, 2.45) is 5.73 Å². The summed E-state index contributed by atoms with van der Waals surface area (Å²) in [5.41, 5.74) is 5.89. The number of ether oxygens (including phenoxy) is 1. The number of thioether (sulfide) groups is 1. The number of hydrogen-bond donors (Lipinski definition) is 2. The normalized spacial score (nSPS) is 18.0. The fourth-order valence-corrected chi connectivity index (χ4v) is 2.89. The molecule has 1 rings (SSSR count). The number of hydrogen-bond acceptors (Lipinski definition) is 5. The van der Waals surface area contributed by atoms with Crippen LogP contribution >= 0.6 is 24.2 Å². The molecule has 7 heteroatoms. The Morgan fingerprint density at radius 3 is 2.59 bits per heavy atom. The quantitative estimate of drug-likeness (QED) is 0.657. The lowest BCUT2D eigenvalue weighted by molar-refractivity contribution is -0.123. The van der Waals surface area contributed by atoms with Crippen molar-refractivity contribution in [2.45, 2.75) is 51.3 Å². The number of nitrogens with zero attached hydrogens (tertiary/aromatic N) is 1. The predicted octanol–water partition coefficient (Wildman–Crippen LogP) is 1.49. The number of nitrogens with two attached hydrogens (primary N) is 1. The van der Waals surface area contributed by atoms with Crippen LogP contribution in [0.4, 0.5) is 0 Å². The van der Waals surface area contributed by atoms with Gasteiger partial charge >= 0.3 is 0 Å². The summed E-state index contributed by atoms with van der Waals surface area (Å²) in [4.78, 5) is 14.4. The Balaban J connectivity index is 0.00000441. The zero-order valence-electron chi connectivity index (χ0n) is 14.0. The van der Waals surface area contributed by atoms with Crippen molar-refractivity contribution in [3.8, 4) is 0 Å². The second kappa shape index (κ2) is 12.4. The molecule has 0 aromatic carbocycles. The van der Waals surface area contributed by atoms with Gasteiger partial charge in [0, 0.05) is 25.7 Å². The van der Waals surface area contributed by atoms with Crippen LogP contribution in [0, 0.1) is 0 Å². The highest BCUT2D eigenvalue weighted by Crippen LogP contribution is 2.10. The van der Waals surface area contributed by atoms with Gasteiger partial charge < -0.3 is 20.7 Å². The predicted molar refractivity (Wildman–Crippen MR) is 96.9 cm³/mol. The van der Waals surface area contributed by atoms with Crippen molar-refractivity contribution in [3.63, 3.8) is 0 Å². The van der Waals surface area contributed by atoms with Crippen LogP contribution in [0.5, 0.6) is 0 Å². The molecule has 0 aromatic heterocycles. The number of rotatable bonds is 9. The zero-order valence-corrected chi connectivity index (χ0v) is 15.7. The summed E-state index contributed by atoms with van der Waals surface area (Å²) < 4.78 is 5.58. The average molecular weight is 354 g/mol. The van der Waals surface area contributed by atoms with E-state index in [0.29, 0.717) is 6.10 Å². The van der Waals surface area contributed by atoms with Gasteiger partial charge in [-0.05, 0) is 45.1 Å². The monoisotopic (exact) mass is 353 g/mol. The van der Waals surface area contributed by atoms with Crippen molar-refractivity contribution in [1.29, 1.82) is 0 Å². The summed E-state index contributed by atoms with van der Waals surface area (Å²) in [6.07, 6.45) is 5.08. The minimum absolute atomic E-state index is 0. The minimum atomic E-state index is -0.366. The molecule has 1 atom stereocenters. The number of carbonyl (C=O) groups excluding carboxylic acids is 1. The van der Waals surface area contributed by atoms with Gasteiger partial charge in [-0.1, -0.05) is 0 Å². The fraction of sp³-hybridized carbons (Fsp3) is 0.933. The van der Waals surface area contributed by atoms with E-state index in [2.05, 4.69) is 24.1 Å². The molecule has 0 aliphatic carbocycles. The molecule has 3 N–H and O–H groups in total. The molecule has 0 radical (unpaired) electrons. The maximum absolute atomic E-state index is 12.0. The van der Waals surface area contributed by atoms with Crippen LogP contribution < -0.4 is 11.1 Å². The molecule has 1 fully saturated rings. The van der Waals surface area contributed by atoms with Gasteiger partial charge in [-0.2, -0.15) is 11.8 Å². The van der Waals surface area contributed by atoms with Crippen LogP contribution in [-0.2, 0) is 9.53 Å². The van der Waals surface area contributed by atoms with E-state index in [-0.39, 0.29) is 30.4 Å². The van der Waals surface area contributed by atoms with Crippen LogP contribution in [0.1, 0.15) is 33.1 Å². The lowest BCUT2D eigenvalue weighted by atomic mass is 10.0. The summed E-state index contributed by atoms with van der Waals surface area (Å²) in [5, 5.41) is 3.09. The molecule has 132 valence electrons. The summed E-state index contributed by atoms with van der Waals surface area (Å²) in [5.74, 6) is 0.939. The summed E-state index contributed by atoms with van der Waals surface area (Å²) >= 11 is 1.72. The van der Waals surface area contributed by atoms with Gasteiger partial charge in [-0.15, -0.1) is 12.4 Å². The third-order valence-electron chi connectivity index (χ3n) is 3.76. The van der Waals surface area contributed by atoms with Crippen molar-refractivity contribution >= 4 is 30.1 Å². The Labute approximate surface area is 145 Å². The molecule has 1 aliphatic heterocycles. The van der Waals surface area contributed by atoms with Gasteiger partial charge in [0.2, 0.25) is 5.91 Å². The number of nitrogens with one attached hydrogen (secondary N) is 1. The molecule has 0 bridgehead atoms. The molecule has 1 saturated heterocycles. The van der Waals surface area contributed by atoms with Gasteiger partial charge in [0.25, 0.3) is 0 Å². The zero-order chi connectivity index (χ0) is 15.7. The molecule has 0 aromatic rings. The molecule has 0 spiro atoms. The number of carbonyl (C=O) groups is 1. The lowest BCUT2D eigenvalue weighted by Crippen LogP contribution is -2.50. The second-order valence-corrected chi connectivity index (χ2v) is 6.92. The maximum atomic E-state index is 12.0. The Morgan fingerprint density at radius 2 is 2.05 bits per heavy atom. The molecule has 0 saturated carbocycles. The third-order valence-corrected chi connectivity index (χ3v) is 4.41. The second-order valence-electron chi connectivity index (χ2n) is 5.93. The Bertz CT molecular complexity index is 301. The standard InChI is InChI=1S/C15H31N3O2S.ClH/c1-12(2)20-10-9-18-7-4-13(5-8-18)17-15(19)14(16)6-11-21-3;/h12-14H,4-11,16H2,1-3H3,(H,17,19);1H/t14-;/m0./s1. The highest BCUT2D eigenvalue weighted by molar-refractivity contribution is 7.98. The highest BCUT2D eigenvalue weighted by Gasteiger charge is 2.22. The van der Waals surface area contributed by atoms with E-state index in [1.54, 1.807) is 11.8 Å².